The molecule has 28 heavy (non-hydrogen) atoms. The Bertz CT molecular complexity index is 1010. The second-order valence-corrected chi connectivity index (χ2v) is 6.08. The third-order valence-electron chi connectivity index (χ3n) is 4.16. The van der Waals surface area contributed by atoms with Crippen molar-refractivity contribution in [3.8, 4) is 0 Å². The van der Waals surface area contributed by atoms with Crippen molar-refractivity contribution in [1.29, 1.82) is 0 Å². The van der Waals surface area contributed by atoms with Crippen LogP contribution in [0.3, 0.4) is 0 Å². The lowest BCUT2D eigenvalue weighted by atomic mass is 10.2. The summed E-state index contributed by atoms with van der Waals surface area (Å²) in [7, 11) is 1.67. The van der Waals surface area contributed by atoms with Crippen LogP contribution >= 0.6 is 0 Å². The fourth-order valence-electron chi connectivity index (χ4n) is 2.53. The van der Waals surface area contributed by atoms with Crippen molar-refractivity contribution in [1.82, 2.24) is 4.98 Å². The fraction of sp³-hybridized carbons (Fsp3) is 0.0952. The van der Waals surface area contributed by atoms with E-state index in [4.69, 9.17) is 0 Å². The largest absolute Gasteiger partial charge is 0.337 e. The number of nitrogens with zero attached hydrogens (tertiary/aromatic N) is 2. The predicted octanol–water partition coefficient (Wildman–Crippen LogP) is 4.20. The molecule has 0 spiro atoms. The predicted molar refractivity (Wildman–Crippen MR) is 107 cm³/mol. The maximum atomic E-state index is 13.9. The Labute approximate surface area is 162 Å². The minimum Gasteiger partial charge on any atom is -0.337 e. The van der Waals surface area contributed by atoms with Crippen LogP contribution in [0.25, 0.3) is 0 Å². The standard InChI is InChI=1S/C21H19FN4O2/c1-14(27)26(2)16-11-9-15(10-12-16)24-21(28)17-6-5-13-23-20(17)25-19-8-4-3-7-18(19)22/h3-13H,1-2H3,(H,23,25)(H,24,28). The number of pyridine rings is 1. The number of hydrogen-bond donors (Lipinski definition) is 2. The van der Waals surface area contributed by atoms with E-state index >= 15 is 0 Å². The molecule has 6 nitrogen and oxygen atoms in total. The Kier molecular flexibility index (Phi) is 5.64. The van der Waals surface area contributed by atoms with Crippen LogP contribution in [0, 0.1) is 5.82 Å². The molecule has 0 saturated carbocycles. The zero-order chi connectivity index (χ0) is 20.1. The van der Waals surface area contributed by atoms with Crippen molar-refractivity contribution in [2.45, 2.75) is 6.92 Å². The van der Waals surface area contributed by atoms with Crippen LogP contribution in [0.5, 0.6) is 0 Å². The van der Waals surface area contributed by atoms with Crippen molar-refractivity contribution in [2.75, 3.05) is 22.6 Å². The van der Waals surface area contributed by atoms with E-state index in [1.165, 1.54) is 24.1 Å². The van der Waals surface area contributed by atoms with E-state index in [1.807, 2.05) is 0 Å². The van der Waals surface area contributed by atoms with Crippen LogP contribution in [0.1, 0.15) is 17.3 Å². The fourth-order valence-corrected chi connectivity index (χ4v) is 2.53. The van der Waals surface area contributed by atoms with E-state index in [0.717, 1.165) is 0 Å². The van der Waals surface area contributed by atoms with Gasteiger partial charge >= 0.3 is 0 Å². The summed E-state index contributed by atoms with van der Waals surface area (Å²) in [4.78, 5) is 29.8. The van der Waals surface area contributed by atoms with Crippen LogP contribution in [0.2, 0.25) is 0 Å². The van der Waals surface area contributed by atoms with Crippen LogP contribution in [-0.2, 0) is 4.79 Å². The quantitative estimate of drug-likeness (QED) is 0.698. The molecule has 0 aliphatic rings. The minimum atomic E-state index is -0.440. The molecule has 0 bridgehead atoms. The third-order valence-corrected chi connectivity index (χ3v) is 4.16. The molecule has 2 amide bonds. The first-order valence-corrected chi connectivity index (χ1v) is 8.58. The number of anilines is 4. The van der Waals surface area contributed by atoms with Crippen LogP contribution in [-0.4, -0.2) is 23.8 Å². The highest BCUT2D eigenvalue weighted by molar-refractivity contribution is 6.08. The average molecular weight is 378 g/mol. The Morgan fingerprint density at radius 3 is 2.39 bits per heavy atom. The molecule has 0 atom stereocenters. The zero-order valence-electron chi connectivity index (χ0n) is 15.4. The first-order valence-electron chi connectivity index (χ1n) is 8.58. The normalized spacial score (nSPS) is 10.2. The van der Waals surface area contributed by atoms with Gasteiger partial charge in [-0.1, -0.05) is 12.1 Å². The van der Waals surface area contributed by atoms with Gasteiger partial charge in [-0.25, -0.2) is 9.37 Å². The molecule has 0 saturated heterocycles. The number of benzene rings is 2. The molecule has 0 radical (unpaired) electrons. The van der Waals surface area contributed by atoms with E-state index in [-0.39, 0.29) is 28.9 Å². The minimum absolute atomic E-state index is 0.0870. The van der Waals surface area contributed by atoms with Crippen LogP contribution < -0.4 is 15.5 Å². The number of carbonyl (C=O) groups is 2. The molecule has 0 aliphatic heterocycles. The summed E-state index contributed by atoms with van der Waals surface area (Å²) in [5.41, 5.74) is 1.78. The Morgan fingerprint density at radius 2 is 1.71 bits per heavy atom. The van der Waals surface area contributed by atoms with Gasteiger partial charge in [0.1, 0.15) is 11.6 Å². The van der Waals surface area contributed by atoms with Crippen LogP contribution in [0.15, 0.2) is 66.9 Å². The van der Waals surface area contributed by atoms with Gasteiger partial charge in [-0.3, -0.25) is 9.59 Å². The smallest absolute Gasteiger partial charge is 0.259 e. The van der Waals surface area contributed by atoms with Crippen molar-refractivity contribution in [3.05, 3.63) is 78.2 Å². The summed E-state index contributed by atoms with van der Waals surface area (Å²) in [5, 5.41) is 5.63. The number of rotatable bonds is 5. The molecule has 7 heteroatoms. The summed E-state index contributed by atoms with van der Waals surface area (Å²) < 4.78 is 13.9. The van der Waals surface area contributed by atoms with E-state index in [1.54, 1.807) is 61.6 Å². The summed E-state index contributed by atoms with van der Waals surface area (Å²) in [6.07, 6.45) is 1.52. The Morgan fingerprint density at radius 1 is 1.00 bits per heavy atom. The SMILES string of the molecule is CC(=O)N(C)c1ccc(NC(=O)c2cccnc2Nc2ccccc2F)cc1. The number of aromatic nitrogens is 1. The lowest BCUT2D eigenvalue weighted by Gasteiger charge is -2.15. The average Bonchev–Trinajstić information content (AvgIpc) is 2.70. The highest BCUT2D eigenvalue weighted by atomic mass is 19.1. The van der Waals surface area contributed by atoms with E-state index in [2.05, 4.69) is 15.6 Å². The molecule has 1 heterocycles. The monoisotopic (exact) mass is 378 g/mol. The maximum Gasteiger partial charge on any atom is 0.259 e. The van der Waals surface area contributed by atoms with E-state index in [9.17, 15) is 14.0 Å². The number of carbonyl (C=O) groups excluding carboxylic acids is 2. The Balaban J connectivity index is 1.78. The molecule has 142 valence electrons. The number of para-hydroxylation sites is 1. The first-order chi connectivity index (χ1) is 13.5. The summed E-state index contributed by atoms with van der Waals surface area (Å²) in [5.74, 6) is -0.668. The molecule has 3 rings (SSSR count). The van der Waals surface area contributed by atoms with Crippen LogP contribution in [0.4, 0.5) is 27.3 Å². The van der Waals surface area contributed by atoms with Crippen molar-refractivity contribution >= 4 is 34.7 Å². The highest BCUT2D eigenvalue weighted by Crippen LogP contribution is 2.23. The van der Waals surface area contributed by atoms with Crippen molar-refractivity contribution < 1.29 is 14.0 Å². The molecule has 0 unspecified atom stereocenters. The summed E-state index contributed by atoms with van der Waals surface area (Å²) >= 11 is 0. The van der Waals surface area contributed by atoms with E-state index in [0.29, 0.717) is 11.4 Å². The van der Waals surface area contributed by atoms with Gasteiger partial charge in [0.2, 0.25) is 5.91 Å². The number of amides is 2. The summed E-state index contributed by atoms with van der Waals surface area (Å²) in [6.45, 7) is 1.47. The third kappa shape index (κ3) is 4.32. The zero-order valence-corrected chi connectivity index (χ0v) is 15.4. The van der Waals surface area contributed by atoms with Gasteiger partial charge in [-0.2, -0.15) is 0 Å². The van der Waals surface area contributed by atoms with Crippen molar-refractivity contribution in [3.63, 3.8) is 0 Å². The van der Waals surface area contributed by atoms with Gasteiger partial charge < -0.3 is 15.5 Å². The molecular weight excluding hydrogens is 359 g/mol. The van der Waals surface area contributed by atoms with Gasteiger partial charge in [0.05, 0.1) is 11.3 Å². The first kappa shape index (κ1) is 19.0. The van der Waals surface area contributed by atoms with Gasteiger partial charge in [0, 0.05) is 31.5 Å². The number of halogens is 1. The lowest BCUT2D eigenvalue weighted by Crippen LogP contribution is -2.22. The van der Waals surface area contributed by atoms with E-state index < -0.39 is 5.82 Å². The van der Waals surface area contributed by atoms with Gasteiger partial charge in [-0.05, 0) is 48.5 Å². The second kappa shape index (κ2) is 8.30. The second-order valence-electron chi connectivity index (χ2n) is 6.08. The van der Waals surface area contributed by atoms with Gasteiger partial charge in [0.25, 0.3) is 5.91 Å². The molecule has 0 aliphatic carbocycles. The molecule has 1 aromatic heterocycles. The van der Waals surface area contributed by atoms with Gasteiger partial charge in [-0.15, -0.1) is 0 Å². The topological polar surface area (TPSA) is 74.3 Å². The molecular formula is C21H19FN4O2. The van der Waals surface area contributed by atoms with Gasteiger partial charge in [0.15, 0.2) is 0 Å². The molecule has 3 aromatic rings. The molecule has 0 fully saturated rings. The molecule has 2 N–H and O–H groups in total. The molecule has 2 aromatic carbocycles. The van der Waals surface area contributed by atoms with Crippen molar-refractivity contribution in [2.24, 2.45) is 0 Å². The highest BCUT2D eigenvalue weighted by Gasteiger charge is 2.14. The lowest BCUT2D eigenvalue weighted by molar-refractivity contribution is -0.116. The maximum absolute atomic E-state index is 13.9. The number of hydrogen-bond acceptors (Lipinski definition) is 4. The Hall–Kier alpha value is -3.74. The summed E-state index contributed by atoms with van der Waals surface area (Å²) in [6, 6.07) is 16.3. The number of nitrogens with one attached hydrogen (secondary N) is 2.